The number of hydrogen-bond donors (Lipinski definition) is 3. The average molecular weight is 355 g/mol. The van der Waals surface area contributed by atoms with Crippen LogP contribution in [0.3, 0.4) is 0 Å². The fourth-order valence-electron chi connectivity index (χ4n) is 2.50. The van der Waals surface area contributed by atoms with E-state index < -0.39 is 6.03 Å². The molecule has 1 unspecified atom stereocenters. The molecule has 26 heavy (non-hydrogen) atoms. The Hall–Kier alpha value is -2.53. The minimum atomic E-state index is -0.555. The summed E-state index contributed by atoms with van der Waals surface area (Å²) in [6, 6.07) is 15.5. The first-order chi connectivity index (χ1) is 12.4. The number of nitrogens with one attached hydrogen (secondary N) is 2. The number of hydrogen-bond acceptors (Lipinski definition) is 3. The van der Waals surface area contributed by atoms with E-state index in [1.54, 1.807) is 0 Å². The molecular weight excluding hydrogens is 326 g/mol. The van der Waals surface area contributed by atoms with E-state index in [-0.39, 0.29) is 6.04 Å². The predicted molar refractivity (Wildman–Crippen MR) is 106 cm³/mol. The lowest BCUT2D eigenvalue weighted by atomic mass is 10.1. The molecule has 0 bridgehead atoms. The van der Waals surface area contributed by atoms with Crippen molar-refractivity contribution in [2.24, 2.45) is 11.7 Å². The van der Waals surface area contributed by atoms with Gasteiger partial charge in [0.1, 0.15) is 5.75 Å². The number of primary amides is 1. The summed E-state index contributed by atoms with van der Waals surface area (Å²) in [7, 11) is 0. The topological polar surface area (TPSA) is 76.4 Å². The Bertz CT molecular complexity index is 681. The molecule has 2 aromatic carbocycles. The van der Waals surface area contributed by atoms with E-state index in [1.807, 2.05) is 36.4 Å². The molecule has 0 heterocycles. The molecule has 0 spiro atoms. The maximum absolute atomic E-state index is 10.8. The zero-order chi connectivity index (χ0) is 18.9. The van der Waals surface area contributed by atoms with E-state index >= 15 is 0 Å². The van der Waals surface area contributed by atoms with Crippen molar-refractivity contribution < 1.29 is 9.53 Å². The van der Waals surface area contributed by atoms with Crippen LogP contribution in [-0.2, 0) is 6.54 Å². The Kier molecular flexibility index (Phi) is 7.48. The summed E-state index contributed by atoms with van der Waals surface area (Å²) < 4.78 is 5.75. The Labute approximate surface area is 155 Å². The normalized spacial score (nSPS) is 12.0. The van der Waals surface area contributed by atoms with Crippen LogP contribution in [0.5, 0.6) is 5.75 Å². The van der Waals surface area contributed by atoms with Gasteiger partial charge in [-0.15, -0.1) is 0 Å². The number of anilines is 1. The first kappa shape index (κ1) is 19.8. The standard InChI is InChI=1S/C21H29N3O2/c1-15(2)12-13-26-20-10-4-17(5-11-20)14-23-16(3)18-6-8-19(9-7-18)24-21(22)25/h4-11,15-16,23H,12-14H2,1-3H3,(H3,22,24,25). The van der Waals surface area contributed by atoms with Crippen LogP contribution < -0.4 is 21.1 Å². The highest BCUT2D eigenvalue weighted by molar-refractivity contribution is 5.87. The molecule has 0 saturated heterocycles. The van der Waals surface area contributed by atoms with E-state index in [2.05, 4.69) is 43.5 Å². The van der Waals surface area contributed by atoms with Crippen molar-refractivity contribution >= 4 is 11.7 Å². The lowest BCUT2D eigenvalue weighted by Crippen LogP contribution is -2.20. The minimum Gasteiger partial charge on any atom is -0.494 e. The van der Waals surface area contributed by atoms with Crippen molar-refractivity contribution in [2.75, 3.05) is 11.9 Å². The summed E-state index contributed by atoms with van der Waals surface area (Å²) in [6.45, 7) is 8.03. The molecule has 140 valence electrons. The summed E-state index contributed by atoms with van der Waals surface area (Å²) in [6.07, 6.45) is 1.06. The van der Waals surface area contributed by atoms with Crippen LogP contribution in [0.2, 0.25) is 0 Å². The second kappa shape index (κ2) is 9.82. The van der Waals surface area contributed by atoms with Crippen molar-refractivity contribution in [1.29, 1.82) is 0 Å². The van der Waals surface area contributed by atoms with Crippen LogP contribution >= 0.6 is 0 Å². The smallest absolute Gasteiger partial charge is 0.316 e. The predicted octanol–water partition coefficient (Wildman–Crippen LogP) is 4.45. The molecule has 2 rings (SSSR count). The Morgan fingerprint density at radius 3 is 2.27 bits per heavy atom. The summed E-state index contributed by atoms with van der Waals surface area (Å²) in [4.78, 5) is 10.8. The van der Waals surface area contributed by atoms with Gasteiger partial charge in [-0.1, -0.05) is 38.1 Å². The minimum absolute atomic E-state index is 0.194. The van der Waals surface area contributed by atoms with Gasteiger partial charge >= 0.3 is 6.03 Å². The van der Waals surface area contributed by atoms with Crippen molar-refractivity contribution in [3.8, 4) is 5.75 Å². The number of carbonyl (C=O) groups excluding carboxylic acids is 1. The largest absolute Gasteiger partial charge is 0.494 e. The molecule has 0 saturated carbocycles. The Morgan fingerprint density at radius 1 is 1.04 bits per heavy atom. The zero-order valence-electron chi connectivity index (χ0n) is 15.8. The lowest BCUT2D eigenvalue weighted by molar-refractivity contribution is 0.259. The van der Waals surface area contributed by atoms with E-state index in [1.165, 1.54) is 5.56 Å². The SMILES string of the molecule is CC(C)CCOc1ccc(CNC(C)c2ccc(NC(N)=O)cc2)cc1. The van der Waals surface area contributed by atoms with Crippen LogP contribution in [0.15, 0.2) is 48.5 Å². The number of nitrogens with two attached hydrogens (primary N) is 1. The second-order valence-electron chi connectivity index (χ2n) is 6.89. The van der Waals surface area contributed by atoms with E-state index in [4.69, 9.17) is 10.5 Å². The van der Waals surface area contributed by atoms with Gasteiger partial charge in [-0.2, -0.15) is 0 Å². The van der Waals surface area contributed by atoms with Gasteiger partial charge in [-0.25, -0.2) is 4.79 Å². The maximum atomic E-state index is 10.8. The molecule has 0 fully saturated rings. The quantitative estimate of drug-likeness (QED) is 0.622. The van der Waals surface area contributed by atoms with Gasteiger partial charge in [0, 0.05) is 18.3 Å². The summed E-state index contributed by atoms with van der Waals surface area (Å²) in [5.74, 6) is 1.57. The third-order valence-electron chi connectivity index (χ3n) is 4.18. The number of rotatable bonds is 9. The highest BCUT2D eigenvalue weighted by Gasteiger charge is 2.06. The second-order valence-corrected chi connectivity index (χ2v) is 6.89. The molecule has 0 aliphatic heterocycles. The van der Waals surface area contributed by atoms with E-state index in [0.717, 1.165) is 30.9 Å². The highest BCUT2D eigenvalue weighted by Crippen LogP contribution is 2.18. The van der Waals surface area contributed by atoms with E-state index in [0.29, 0.717) is 11.6 Å². The fourth-order valence-corrected chi connectivity index (χ4v) is 2.50. The third-order valence-corrected chi connectivity index (χ3v) is 4.18. The summed E-state index contributed by atoms with van der Waals surface area (Å²) in [5.41, 5.74) is 8.16. The Morgan fingerprint density at radius 2 is 1.69 bits per heavy atom. The van der Waals surface area contributed by atoms with Gasteiger partial charge in [0.05, 0.1) is 6.61 Å². The van der Waals surface area contributed by atoms with Gasteiger partial charge < -0.3 is 21.1 Å². The molecule has 0 aliphatic carbocycles. The molecule has 0 aromatic heterocycles. The Balaban J connectivity index is 1.81. The molecule has 2 aromatic rings. The molecule has 0 aliphatic rings. The number of amides is 2. The number of carbonyl (C=O) groups is 1. The number of urea groups is 1. The molecule has 5 heteroatoms. The van der Waals surface area contributed by atoms with Crippen LogP contribution in [0, 0.1) is 5.92 Å². The molecule has 1 atom stereocenters. The van der Waals surface area contributed by atoms with Gasteiger partial charge in [-0.05, 0) is 54.7 Å². The summed E-state index contributed by atoms with van der Waals surface area (Å²) >= 11 is 0. The monoisotopic (exact) mass is 355 g/mol. The average Bonchev–Trinajstić information content (AvgIpc) is 2.60. The highest BCUT2D eigenvalue weighted by atomic mass is 16.5. The van der Waals surface area contributed by atoms with Crippen molar-refractivity contribution in [3.05, 3.63) is 59.7 Å². The lowest BCUT2D eigenvalue weighted by Gasteiger charge is -2.15. The number of benzene rings is 2. The van der Waals surface area contributed by atoms with Crippen molar-refractivity contribution in [3.63, 3.8) is 0 Å². The van der Waals surface area contributed by atoms with E-state index in [9.17, 15) is 4.79 Å². The van der Waals surface area contributed by atoms with Crippen molar-refractivity contribution in [2.45, 2.75) is 39.8 Å². The van der Waals surface area contributed by atoms with Crippen LogP contribution in [0.25, 0.3) is 0 Å². The maximum Gasteiger partial charge on any atom is 0.316 e. The molecule has 2 amide bonds. The molecule has 5 nitrogen and oxygen atoms in total. The molecule has 4 N–H and O–H groups in total. The zero-order valence-corrected chi connectivity index (χ0v) is 15.8. The van der Waals surface area contributed by atoms with Crippen LogP contribution in [-0.4, -0.2) is 12.6 Å². The van der Waals surface area contributed by atoms with Crippen molar-refractivity contribution in [1.82, 2.24) is 5.32 Å². The van der Waals surface area contributed by atoms with Gasteiger partial charge in [0.15, 0.2) is 0 Å². The third kappa shape index (κ3) is 6.76. The molecule has 0 radical (unpaired) electrons. The van der Waals surface area contributed by atoms with Crippen LogP contribution in [0.1, 0.15) is 44.4 Å². The first-order valence-electron chi connectivity index (χ1n) is 9.05. The fraction of sp³-hybridized carbons (Fsp3) is 0.381. The summed E-state index contributed by atoms with van der Waals surface area (Å²) in [5, 5.41) is 6.06. The van der Waals surface area contributed by atoms with Gasteiger partial charge in [-0.3, -0.25) is 0 Å². The van der Waals surface area contributed by atoms with Crippen LogP contribution in [0.4, 0.5) is 10.5 Å². The van der Waals surface area contributed by atoms with Gasteiger partial charge in [0.2, 0.25) is 0 Å². The number of ether oxygens (including phenoxy) is 1. The van der Waals surface area contributed by atoms with Gasteiger partial charge in [0.25, 0.3) is 0 Å². The molecular formula is C21H29N3O2. The first-order valence-corrected chi connectivity index (χ1v) is 9.05.